The van der Waals surface area contributed by atoms with E-state index in [1.165, 1.54) is 0 Å². The third-order valence-electron chi connectivity index (χ3n) is 2.71. The van der Waals surface area contributed by atoms with Gasteiger partial charge in [-0.1, -0.05) is 20.8 Å². The van der Waals surface area contributed by atoms with Crippen LogP contribution in [0.25, 0.3) is 0 Å². The predicted octanol–water partition coefficient (Wildman–Crippen LogP) is 2.41. The first kappa shape index (κ1) is 15.7. The van der Waals surface area contributed by atoms with Crippen molar-refractivity contribution in [1.29, 1.82) is 0 Å². The summed E-state index contributed by atoms with van der Waals surface area (Å²) < 4.78 is 5.14. The molecular formula is C12H26N2OS. The van der Waals surface area contributed by atoms with Gasteiger partial charge in [0.25, 0.3) is 0 Å². The zero-order valence-corrected chi connectivity index (χ0v) is 11.9. The van der Waals surface area contributed by atoms with Gasteiger partial charge in [-0.15, -0.1) is 0 Å². The predicted molar refractivity (Wildman–Crippen MR) is 73.8 cm³/mol. The second kappa shape index (κ2) is 9.85. The average molecular weight is 246 g/mol. The van der Waals surface area contributed by atoms with Gasteiger partial charge < -0.3 is 15.0 Å². The van der Waals surface area contributed by atoms with Gasteiger partial charge in [-0.25, -0.2) is 0 Å². The molecule has 0 radical (unpaired) electrons. The molecule has 3 nitrogen and oxygen atoms in total. The molecule has 0 amide bonds. The van der Waals surface area contributed by atoms with Gasteiger partial charge >= 0.3 is 0 Å². The Hall–Kier alpha value is -0.350. The summed E-state index contributed by atoms with van der Waals surface area (Å²) >= 11 is 5.42. The molecule has 1 N–H and O–H groups in total. The Labute approximate surface area is 106 Å². The molecule has 0 spiro atoms. The monoisotopic (exact) mass is 246 g/mol. The highest BCUT2D eigenvalue weighted by molar-refractivity contribution is 7.80. The standard InChI is InChI=1S/C12H26N2OS/c1-5-8-13-12(16)14(9-10-15-4)11(6-2)7-3/h11H,5-10H2,1-4H3,(H,13,16). The quantitative estimate of drug-likeness (QED) is 0.665. The summed E-state index contributed by atoms with van der Waals surface area (Å²) in [5.41, 5.74) is 0. The van der Waals surface area contributed by atoms with E-state index in [1.807, 2.05) is 0 Å². The van der Waals surface area contributed by atoms with Crippen molar-refractivity contribution >= 4 is 17.3 Å². The van der Waals surface area contributed by atoms with E-state index in [0.717, 1.165) is 44.1 Å². The van der Waals surface area contributed by atoms with E-state index in [0.29, 0.717) is 6.04 Å². The van der Waals surface area contributed by atoms with Gasteiger partial charge in [0.05, 0.1) is 6.61 Å². The molecule has 4 heteroatoms. The van der Waals surface area contributed by atoms with Crippen LogP contribution < -0.4 is 5.32 Å². The number of methoxy groups -OCH3 is 1. The van der Waals surface area contributed by atoms with Crippen molar-refractivity contribution < 1.29 is 4.74 Å². The molecule has 0 unspecified atom stereocenters. The molecule has 16 heavy (non-hydrogen) atoms. The zero-order chi connectivity index (χ0) is 12.4. The normalized spacial score (nSPS) is 10.6. The van der Waals surface area contributed by atoms with Crippen molar-refractivity contribution in [1.82, 2.24) is 10.2 Å². The number of rotatable bonds is 8. The summed E-state index contributed by atoms with van der Waals surface area (Å²) in [6, 6.07) is 0.520. The largest absolute Gasteiger partial charge is 0.383 e. The Balaban J connectivity index is 4.32. The summed E-state index contributed by atoms with van der Waals surface area (Å²) in [4.78, 5) is 2.26. The molecule has 0 aromatic heterocycles. The first-order valence-corrected chi connectivity index (χ1v) is 6.65. The second-order valence-corrected chi connectivity index (χ2v) is 4.28. The third-order valence-corrected chi connectivity index (χ3v) is 3.09. The van der Waals surface area contributed by atoms with Crippen LogP contribution in [0.4, 0.5) is 0 Å². The fourth-order valence-electron chi connectivity index (χ4n) is 1.70. The number of nitrogens with zero attached hydrogens (tertiary/aromatic N) is 1. The molecule has 0 atom stereocenters. The number of thiocarbonyl (C=S) groups is 1. The van der Waals surface area contributed by atoms with Crippen LogP contribution in [0.2, 0.25) is 0 Å². The Morgan fingerprint density at radius 2 is 1.94 bits per heavy atom. The highest BCUT2D eigenvalue weighted by Gasteiger charge is 2.17. The summed E-state index contributed by atoms with van der Waals surface area (Å²) in [5, 5.41) is 4.16. The fraction of sp³-hybridized carbons (Fsp3) is 0.917. The minimum absolute atomic E-state index is 0.520. The SMILES string of the molecule is CCCNC(=S)N(CCOC)C(CC)CC. The molecule has 0 aliphatic carbocycles. The van der Waals surface area contributed by atoms with Gasteiger partial charge in [-0.05, 0) is 31.5 Å². The van der Waals surface area contributed by atoms with Crippen LogP contribution in [0, 0.1) is 0 Å². The highest BCUT2D eigenvalue weighted by atomic mass is 32.1. The summed E-state index contributed by atoms with van der Waals surface area (Å²) in [7, 11) is 1.73. The first-order chi connectivity index (χ1) is 7.71. The smallest absolute Gasteiger partial charge is 0.169 e. The third kappa shape index (κ3) is 5.66. The van der Waals surface area contributed by atoms with Gasteiger partial charge in [0, 0.05) is 26.2 Å². The molecule has 0 aliphatic heterocycles. The van der Waals surface area contributed by atoms with E-state index < -0.39 is 0 Å². The van der Waals surface area contributed by atoms with Gasteiger partial charge in [-0.2, -0.15) is 0 Å². The van der Waals surface area contributed by atoms with Crippen molar-refractivity contribution in [2.75, 3.05) is 26.8 Å². The number of hydrogen-bond donors (Lipinski definition) is 1. The van der Waals surface area contributed by atoms with Crippen molar-refractivity contribution in [2.24, 2.45) is 0 Å². The van der Waals surface area contributed by atoms with E-state index >= 15 is 0 Å². The van der Waals surface area contributed by atoms with Crippen LogP contribution >= 0.6 is 12.2 Å². The molecule has 0 aromatic carbocycles. The molecule has 0 heterocycles. The highest BCUT2D eigenvalue weighted by Crippen LogP contribution is 2.08. The molecular weight excluding hydrogens is 220 g/mol. The maximum absolute atomic E-state index is 5.42. The Kier molecular flexibility index (Phi) is 9.63. The van der Waals surface area contributed by atoms with Crippen molar-refractivity contribution in [2.45, 2.75) is 46.1 Å². The minimum atomic E-state index is 0.520. The fourth-order valence-corrected chi connectivity index (χ4v) is 2.04. The molecule has 0 aliphatic rings. The van der Waals surface area contributed by atoms with E-state index in [9.17, 15) is 0 Å². The lowest BCUT2D eigenvalue weighted by atomic mass is 10.1. The molecule has 0 aromatic rings. The summed E-state index contributed by atoms with van der Waals surface area (Å²) in [6.45, 7) is 9.10. The minimum Gasteiger partial charge on any atom is -0.383 e. The lowest BCUT2D eigenvalue weighted by molar-refractivity contribution is 0.158. The van der Waals surface area contributed by atoms with E-state index in [-0.39, 0.29) is 0 Å². The van der Waals surface area contributed by atoms with Crippen molar-refractivity contribution in [3.05, 3.63) is 0 Å². The van der Waals surface area contributed by atoms with Gasteiger partial charge in [0.2, 0.25) is 0 Å². The van der Waals surface area contributed by atoms with Gasteiger partial charge in [0.1, 0.15) is 0 Å². The summed E-state index contributed by atoms with van der Waals surface area (Å²) in [6.07, 6.45) is 3.34. The van der Waals surface area contributed by atoms with Crippen LogP contribution in [0.15, 0.2) is 0 Å². The maximum Gasteiger partial charge on any atom is 0.169 e. The Morgan fingerprint density at radius 3 is 2.38 bits per heavy atom. The van der Waals surface area contributed by atoms with Gasteiger partial charge in [0.15, 0.2) is 5.11 Å². The van der Waals surface area contributed by atoms with Crippen LogP contribution in [-0.4, -0.2) is 42.9 Å². The van der Waals surface area contributed by atoms with Crippen LogP contribution in [-0.2, 0) is 4.74 Å². The van der Waals surface area contributed by atoms with E-state index in [2.05, 4.69) is 31.0 Å². The topological polar surface area (TPSA) is 24.5 Å². The molecule has 0 saturated carbocycles. The van der Waals surface area contributed by atoms with Gasteiger partial charge in [-0.3, -0.25) is 0 Å². The van der Waals surface area contributed by atoms with E-state index in [1.54, 1.807) is 7.11 Å². The van der Waals surface area contributed by atoms with Crippen LogP contribution in [0.5, 0.6) is 0 Å². The number of nitrogens with one attached hydrogen (secondary N) is 1. The molecule has 96 valence electrons. The van der Waals surface area contributed by atoms with E-state index in [4.69, 9.17) is 17.0 Å². The molecule has 0 fully saturated rings. The molecule has 0 bridgehead atoms. The summed E-state index contributed by atoms with van der Waals surface area (Å²) in [5.74, 6) is 0. The van der Waals surface area contributed by atoms with Crippen LogP contribution in [0.3, 0.4) is 0 Å². The Morgan fingerprint density at radius 1 is 1.31 bits per heavy atom. The molecule has 0 rings (SSSR count). The Bertz CT molecular complexity index is 184. The molecule has 0 saturated heterocycles. The number of hydrogen-bond acceptors (Lipinski definition) is 2. The first-order valence-electron chi connectivity index (χ1n) is 6.24. The van der Waals surface area contributed by atoms with Crippen molar-refractivity contribution in [3.8, 4) is 0 Å². The second-order valence-electron chi connectivity index (χ2n) is 3.89. The number of ether oxygens (including phenoxy) is 1. The lowest BCUT2D eigenvalue weighted by Gasteiger charge is -2.32. The van der Waals surface area contributed by atoms with Crippen molar-refractivity contribution in [3.63, 3.8) is 0 Å². The average Bonchev–Trinajstić information content (AvgIpc) is 2.31. The zero-order valence-electron chi connectivity index (χ0n) is 11.1. The maximum atomic E-state index is 5.42. The lowest BCUT2D eigenvalue weighted by Crippen LogP contribution is -2.47. The van der Waals surface area contributed by atoms with Crippen LogP contribution in [0.1, 0.15) is 40.0 Å².